The van der Waals surface area contributed by atoms with E-state index in [2.05, 4.69) is 0 Å². The second kappa shape index (κ2) is 9.36. The van der Waals surface area contributed by atoms with Crippen LogP contribution >= 0.6 is 23.2 Å². The van der Waals surface area contributed by atoms with Gasteiger partial charge in [-0.15, -0.1) is 0 Å². The van der Waals surface area contributed by atoms with Gasteiger partial charge in [0.2, 0.25) is 0 Å². The predicted octanol–water partition coefficient (Wildman–Crippen LogP) is 3.06. The van der Waals surface area contributed by atoms with E-state index in [-0.39, 0.29) is 23.7 Å². The van der Waals surface area contributed by atoms with Crippen molar-refractivity contribution in [1.82, 2.24) is 4.90 Å². The second-order valence-electron chi connectivity index (χ2n) is 5.08. The molecule has 0 unspecified atom stereocenters. The molecule has 130 valence electrons. The van der Waals surface area contributed by atoms with Gasteiger partial charge < -0.3 is 14.4 Å². The molecule has 0 saturated carbocycles. The Hall–Kier alpha value is -1.97. The van der Waals surface area contributed by atoms with Crippen molar-refractivity contribution >= 4 is 35.1 Å². The Morgan fingerprint density at radius 3 is 2.54 bits per heavy atom. The number of ether oxygens (including phenoxy) is 2. The quantitative estimate of drug-likeness (QED) is 0.687. The van der Waals surface area contributed by atoms with Crippen molar-refractivity contribution in [2.45, 2.75) is 32.5 Å². The minimum atomic E-state index is -0.979. The lowest BCUT2D eigenvalue weighted by Crippen LogP contribution is -2.40. The Labute approximate surface area is 150 Å². The lowest BCUT2D eigenvalue weighted by molar-refractivity contribution is -0.163. The summed E-state index contributed by atoms with van der Waals surface area (Å²) in [6.07, 6.45) is -1.73. The monoisotopic (exact) mass is 372 g/mol. The molecule has 1 aromatic carbocycles. The average Bonchev–Trinajstić information content (AvgIpc) is 2.54. The highest BCUT2D eigenvalue weighted by Crippen LogP contribution is 2.28. The first kappa shape index (κ1) is 20.1. The zero-order valence-electron chi connectivity index (χ0n) is 13.6. The van der Waals surface area contributed by atoms with Gasteiger partial charge >= 0.3 is 5.97 Å². The molecule has 0 N–H and O–H groups in total. The molecular formula is C16H18Cl2N2O4. The third-order valence-corrected chi connectivity index (χ3v) is 3.64. The zero-order valence-corrected chi connectivity index (χ0v) is 15.1. The highest BCUT2D eigenvalue weighted by Gasteiger charge is 2.25. The summed E-state index contributed by atoms with van der Waals surface area (Å²) >= 11 is 11.8. The van der Waals surface area contributed by atoms with E-state index in [1.54, 1.807) is 12.1 Å². The van der Waals surface area contributed by atoms with Gasteiger partial charge in [0.25, 0.3) is 5.91 Å². The standard InChI is InChI=1S/C16H18Cl2N2O4/c1-10(15(21)20(3)8-4-7-19)24-16(22)11(2)23-14-6-5-12(17)9-13(14)18/h5-6,9-11H,4,8H2,1-3H3/t10-,11-/m0/s1. The number of nitriles is 1. The fourth-order valence-corrected chi connectivity index (χ4v) is 2.22. The molecule has 6 nitrogen and oxygen atoms in total. The first-order valence-electron chi connectivity index (χ1n) is 7.20. The molecule has 0 aliphatic heterocycles. The van der Waals surface area contributed by atoms with Gasteiger partial charge in [0.15, 0.2) is 12.2 Å². The molecule has 24 heavy (non-hydrogen) atoms. The lowest BCUT2D eigenvalue weighted by atomic mass is 10.3. The molecular weight excluding hydrogens is 355 g/mol. The highest BCUT2D eigenvalue weighted by molar-refractivity contribution is 6.35. The van der Waals surface area contributed by atoms with E-state index in [0.29, 0.717) is 5.02 Å². The molecule has 1 amide bonds. The van der Waals surface area contributed by atoms with Crippen LogP contribution in [-0.4, -0.2) is 42.6 Å². The molecule has 0 aliphatic rings. The summed E-state index contributed by atoms with van der Waals surface area (Å²) < 4.78 is 10.5. The normalized spacial score (nSPS) is 12.7. The van der Waals surface area contributed by atoms with Gasteiger partial charge in [0.1, 0.15) is 5.75 Å². The summed E-state index contributed by atoms with van der Waals surface area (Å²) in [6.45, 7) is 3.22. The third-order valence-electron chi connectivity index (χ3n) is 3.11. The molecule has 0 spiro atoms. The van der Waals surface area contributed by atoms with Gasteiger partial charge in [-0.05, 0) is 32.0 Å². The van der Waals surface area contributed by atoms with Crippen LogP contribution in [0.5, 0.6) is 5.75 Å². The van der Waals surface area contributed by atoms with E-state index in [1.807, 2.05) is 6.07 Å². The molecule has 0 saturated heterocycles. The van der Waals surface area contributed by atoms with Crippen LogP contribution < -0.4 is 4.74 Å². The number of carbonyl (C=O) groups is 2. The van der Waals surface area contributed by atoms with Crippen LogP contribution in [0.2, 0.25) is 10.0 Å². The van der Waals surface area contributed by atoms with Crippen molar-refractivity contribution in [1.29, 1.82) is 5.26 Å². The molecule has 1 aromatic rings. The van der Waals surface area contributed by atoms with E-state index in [4.69, 9.17) is 37.9 Å². The minimum Gasteiger partial charge on any atom is -0.477 e. The van der Waals surface area contributed by atoms with Crippen LogP contribution in [0.1, 0.15) is 20.3 Å². The van der Waals surface area contributed by atoms with Crippen LogP contribution in [0.4, 0.5) is 0 Å². The molecule has 8 heteroatoms. The Kier molecular flexibility index (Phi) is 7.83. The van der Waals surface area contributed by atoms with E-state index < -0.39 is 24.1 Å². The minimum absolute atomic E-state index is 0.206. The fraction of sp³-hybridized carbons (Fsp3) is 0.438. The van der Waals surface area contributed by atoms with E-state index in [1.165, 1.54) is 31.9 Å². The zero-order chi connectivity index (χ0) is 18.3. The number of halogens is 2. The Balaban J connectivity index is 2.60. The summed E-state index contributed by atoms with van der Waals surface area (Å²) in [4.78, 5) is 25.4. The topological polar surface area (TPSA) is 79.6 Å². The molecule has 0 aromatic heterocycles. The summed E-state index contributed by atoms with van der Waals surface area (Å²) in [5, 5.41) is 9.24. The summed E-state index contributed by atoms with van der Waals surface area (Å²) in [7, 11) is 1.54. The van der Waals surface area contributed by atoms with Gasteiger partial charge in [0.05, 0.1) is 17.5 Å². The largest absolute Gasteiger partial charge is 0.477 e. The van der Waals surface area contributed by atoms with Crippen molar-refractivity contribution < 1.29 is 19.1 Å². The van der Waals surface area contributed by atoms with Gasteiger partial charge in [-0.2, -0.15) is 5.26 Å². The van der Waals surface area contributed by atoms with E-state index in [9.17, 15) is 9.59 Å². The molecule has 2 atom stereocenters. The average molecular weight is 373 g/mol. The first-order valence-corrected chi connectivity index (χ1v) is 7.96. The van der Waals surface area contributed by atoms with Crippen molar-refractivity contribution in [2.24, 2.45) is 0 Å². The maximum absolute atomic E-state index is 12.0. The molecule has 0 radical (unpaired) electrons. The number of carbonyl (C=O) groups excluding carboxylic acids is 2. The van der Waals surface area contributed by atoms with Crippen LogP contribution in [0.25, 0.3) is 0 Å². The van der Waals surface area contributed by atoms with Crippen molar-refractivity contribution in [2.75, 3.05) is 13.6 Å². The Morgan fingerprint density at radius 1 is 1.29 bits per heavy atom. The van der Waals surface area contributed by atoms with Crippen LogP contribution in [0.15, 0.2) is 18.2 Å². The number of amides is 1. The highest BCUT2D eigenvalue weighted by atomic mass is 35.5. The predicted molar refractivity (Wildman–Crippen MR) is 90.0 cm³/mol. The molecule has 0 fully saturated rings. The van der Waals surface area contributed by atoms with Crippen molar-refractivity contribution in [3.05, 3.63) is 28.2 Å². The van der Waals surface area contributed by atoms with Crippen LogP contribution in [0, 0.1) is 11.3 Å². The van der Waals surface area contributed by atoms with Crippen molar-refractivity contribution in [3.63, 3.8) is 0 Å². The summed E-state index contributed by atoms with van der Waals surface area (Å²) in [6, 6.07) is 6.56. The van der Waals surface area contributed by atoms with E-state index >= 15 is 0 Å². The van der Waals surface area contributed by atoms with Gasteiger partial charge in [-0.1, -0.05) is 23.2 Å². The van der Waals surface area contributed by atoms with Crippen LogP contribution in [0.3, 0.4) is 0 Å². The fourth-order valence-electron chi connectivity index (χ4n) is 1.77. The van der Waals surface area contributed by atoms with E-state index in [0.717, 1.165) is 0 Å². The third kappa shape index (κ3) is 5.91. The summed E-state index contributed by atoms with van der Waals surface area (Å²) in [5.41, 5.74) is 0. The maximum Gasteiger partial charge on any atom is 0.347 e. The number of likely N-dealkylation sites (N-methyl/N-ethyl adjacent to an activating group) is 1. The van der Waals surface area contributed by atoms with Crippen LogP contribution in [-0.2, 0) is 14.3 Å². The molecule has 0 bridgehead atoms. The molecule has 1 rings (SSSR count). The number of rotatable bonds is 7. The molecule has 0 aliphatic carbocycles. The lowest BCUT2D eigenvalue weighted by Gasteiger charge is -2.22. The first-order chi connectivity index (χ1) is 11.3. The molecule has 0 heterocycles. The SMILES string of the molecule is C[C@H](Oc1ccc(Cl)cc1Cl)C(=O)O[C@@H](C)C(=O)N(C)CCC#N. The second-order valence-corrected chi connectivity index (χ2v) is 5.93. The maximum atomic E-state index is 12.0. The number of nitrogens with zero attached hydrogens (tertiary/aromatic N) is 2. The number of hydrogen-bond donors (Lipinski definition) is 0. The number of hydrogen-bond acceptors (Lipinski definition) is 5. The number of benzene rings is 1. The number of esters is 1. The van der Waals surface area contributed by atoms with Gasteiger partial charge in [0, 0.05) is 18.6 Å². The van der Waals surface area contributed by atoms with Gasteiger partial charge in [-0.3, -0.25) is 4.79 Å². The Bertz CT molecular complexity index is 645. The van der Waals surface area contributed by atoms with Crippen molar-refractivity contribution in [3.8, 4) is 11.8 Å². The smallest absolute Gasteiger partial charge is 0.347 e. The Morgan fingerprint density at radius 2 is 1.96 bits per heavy atom. The van der Waals surface area contributed by atoms with Gasteiger partial charge in [-0.25, -0.2) is 4.79 Å². The summed E-state index contributed by atoms with van der Waals surface area (Å²) in [5.74, 6) is -0.804.